The van der Waals surface area contributed by atoms with Crippen LogP contribution in [0.4, 0.5) is 0 Å². The summed E-state index contributed by atoms with van der Waals surface area (Å²) in [4.78, 5) is 39.9. The van der Waals surface area contributed by atoms with Crippen molar-refractivity contribution in [1.29, 1.82) is 0 Å². The smallest absolute Gasteiger partial charge is 0.325 e. The number of nitrogens with zero attached hydrogens (tertiary/aromatic N) is 1. The van der Waals surface area contributed by atoms with Gasteiger partial charge in [0.1, 0.15) is 12.1 Å². The van der Waals surface area contributed by atoms with Gasteiger partial charge in [-0.3, -0.25) is 14.4 Å². The van der Waals surface area contributed by atoms with E-state index >= 15 is 0 Å². The molecule has 1 amide bonds. The highest BCUT2D eigenvalue weighted by atomic mass is 16.5. The molecule has 0 aliphatic rings. The zero-order chi connectivity index (χ0) is 15.3. The van der Waals surface area contributed by atoms with Crippen molar-refractivity contribution >= 4 is 11.9 Å². The minimum Gasteiger partial charge on any atom is -0.465 e. The normalized spacial score (nSPS) is 10.4. The zero-order valence-electron chi connectivity index (χ0n) is 12.2. The first-order valence-corrected chi connectivity index (χ1v) is 6.52. The van der Waals surface area contributed by atoms with Gasteiger partial charge in [0.25, 0.3) is 5.91 Å². The van der Waals surface area contributed by atoms with E-state index in [-0.39, 0.29) is 30.2 Å². The van der Waals surface area contributed by atoms with Gasteiger partial charge in [-0.1, -0.05) is 0 Å². The molecule has 0 aliphatic carbocycles. The Bertz CT molecular complexity index is 548. The molecule has 0 unspecified atom stereocenters. The standard InChI is InChI=1S/C14H20N2O4/c1-5-20-13(18)8-16(9(2)3)14(19)11-7-15-10(4)6-12(11)17/h6-7,9H,5,8H2,1-4H3,(H,15,17). The molecule has 1 rings (SSSR count). The molecule has 1 aromatic rings. The molecule has 0 aliphatic heterocycles. The molecule has 0 bridgehead atoms. The Kier molecular flexibility index (Phi) is 5.49. The number of rotatable bonds is 5. The van der Waals surface area contributed by atoms with Crippen LogP contribution in [0, 0.1) is 6.92 Å². The second-order valence-corrected chi connectivity index (χ2v) is 4.73. The van der Waals surface area contributed by atoms with Crippen molar-refractivity contribution in [2.75, 3.05) is 13.2 Å². The van der Waals surface area contributed by atoms with Crippen molar-refractivity contribution in [2.45, 2.75) is 33.7 Å². The van der Waals surface area contributed by atoms with Gasteiger partial charge in [-0.25, -0.2) is 0 Å². The van der Waals surface area contributed by atoms with E-state index in [1.54, 1.807) is 27.7 Å². The summed E-state index contributed by atoms with van der Waals surface area (Å²) >= 11 is 0. The predicted octanol–water partition coefficient (Wildman–Crippen LogP) is 1.10. The summed E-state index contributed by atoms with van der Waals surface area (Å²) in [7, 11) is 0. The molecule has 0 saturated carbocycles. The number of amides is 1. The van der Waals surface area contributed by atoms with Crippen molar-refractivity contribution in [3.8, 4) is 0 Å². The number of hydrogen-bond donors (Lipinski definition) is 1. The van der Waals surface area contributed by atoms with E-state index in [0.29, 0.717) is 5.69 Å². The second kappa shape index (κ2) is 6.88. The van der Waals surface area contributed by atoms with Crippen LogP contribution in [-0.2, 0) is 9.53 Å². The Morgan fingerprint density at radius 1 is 1.40 bits per heavy atom. The van der Waals surface area contributed by atoms with Gasteiger partial charge in [0.15, 0.2) is 5.43 Å². The topological polar surface area (TPSA) is 79.5 Å². The minimum atomic E-state index is -0.488. The number of aromatic nitrogens is 1. The maximum atomic E-state index is 12.4. The lowest BCUT2D eigenvalue weighted by Crippen LogP contribution is -2.43. The van der Waals surface area contributed by atoms with E-state index in [0.717, 1.165) is 0 Å². The van der Waals surface area contributed by atoms with E-state index in [1.807, 2.05) is 0 Å². The van der Waals surface area contributed by atoms with Crippen molar-refractivity contribution in [2.24, 2.45) is 0 Å². The SMILES string of the molecule is CCOC(=O)CN(C(=O)c1c[nH]c(C)cc1=O)C(C)C. The lowest BCUT2D eigenvalue weighted by molar-refractivity contribution is -0.144. The van der Waals surface area contributed by atoms with Crippen LogP contribution in [0.5, 0.6) is 0 Å². The van der Waals surface area contributed by atoms with E-state index < -0.39 is 11.9 Å². The number of H-pyrrole nitrogens is 1. The molecule has 110 valence electrons. The van der Waals surface area contributed by atoms with E-state index in [9.17, 15) is 14.4 Å². The number of carbonyl (C=O) groups excluding carboxylic acids is 2. The maximum Gasteiger partial charge on any atom is 0.325 e. The number of pyridine rings is 1. The Hall–Kier alpha value is -2.11. The van der Waals surface area contributed by atoms with Crippen LogP contribution in [0.1, 0.15) is 36.8 Å². The molecular weight excluding hydrogens is 260 g/mol. The van der Waals surface area contributed by atoms with E-state index in [1.165, 1.54) is 17.2 Å². The number of ether oxygens (including phenoxy) is 1. The van der Waals surface area contributed by atoms with Crippen molar-refractivity contribution in [3.05, 3.63) is 33.7 Å². The highest BCUT2D eigenvalue weighted by Crippen LogP contribution is 2.05. The average molecular weight is 280 g/mol. The first-order valence-electron chi connectivity index (χ1n) is 6.52. The number of nitrogens with one attached hydrogen (secondary N) is 1. The van der Waals surface area contributed by atoms with Gasteiger partial charge < -0.3 is 14.6 Å². The number of carbonyl (C=O) groups is 2. The average Bonchev–Trinajstić information content (AvgIpc) is 2.35. The molecular formula is C14H20N2O4. The van der Waals surface area contributed by atoms with Gasteiger partial charge in [0.05, 0.1) is 6.61 Å². The van der Waals surface area contributed by atoms with Crippen LogP contribution in [0.25, 0.3) is 0 Å². The highest BCUT2D eigenvalue weighted by Gasteiger charge is 2.24. The van der Waals surface area contributed by atoms with Crippen LogP contribution in [0.15, 0.2) is 17.1 Å². The third-order valence-corrected chi connectivity index (χ3v) is 2.78. The lowest BCUT2D eigenvalue weighted by atomic mass is 10.2. The molecule has 0 radical (unpaired) electrons. The number of aryl methyl sites for hydroxylation is 1. The molecule has 0 fully saturated rings. The summed E-state index contributed by atoms with van der Waals surface area (Å²) in [5.41, 5.74) is 0.336. The fourth-order valence-electron chi connectivity index (χ4n) is 1.73. The molecule has 6 nitrogen and oxygen atoms in total. The summed E-state index contributed by atoms with van der Waals surface area (Å²) in [6, 6.07) is 1.14. The number of aromatic amines is 1. The van der Waals surface area contributed by atoms with Gasteiger partial charge in [-0.2, -0.15) is 0 Å². The first-order chi connectivity index (χ1) is 9.36. The van der Waals surface area contributed by atoms with Gasteiger partial charge in [0.2, 0.25) is 0 Å². The summed E-state index contributed by atoms with van der Waals surface area (Å²) in [6.07, 6.45) is 1.38. The van der Waals surface area contributed by atoms with Gasteiger partial charge in [0, 0.05) is 24.0 Å². The summed E-state index contributed by atoms with van der Waals surface area (Å²) in [6.45, 7) is 7.07. The van der Waals surface area contributed by atoms with Gasteiger partial charge in [-0.05, 0) is 27.7 Å². The van der Waals surface area contributed by atoms with Crippen LogP contribution >= 0.6 is 0 Å². The van der Waals surface area contributed by atoms with Crippen LogP contribution in [0.2, 0.25) is 0 Å². The molecule has 1 N–H and O–H groups in total. The molecule has 0 spiro atoms. The summed E-state index contributed by atoms with van der Waals surface area (Å²) in [5.74, 6) is -0.965. The molecule has 20 heavy (non-hydrogen) atoms. The van der Waals surface area contributed by atoms with Gasteiger partial charge in [-0.15, -0.1) is 0 Å². The van der Waals surface area contributed by atoms with E-state index in [2.05, 4.69) is 4.98 Å². The molecule has 6 heteroatoms. The van der Waals surface area contributed by atoms with Gasteiger partial charge >= 0.3 is 5.97 Å². The fraction of sp³-hybridized carbons (Fsp3) is 0.500. The molecule has 0 saturated heterocycles. The van der Waals surface area contributed by atoms with Crippen LogP contribution in [0.3, 0.4) is 0 Å². The number of hydrogen-bond acceptors (Lipinski definition) is 4. The van der Waals surface area contributed by atoms with Crippen LogP contribution in [-0.4, -0.2) is 41.0 Å². The Morgan fingerprint density at radius 3 is 2.55 bits per heavy atom. The third kappa shape index (κ3) is 3.94. The third-order valence-electron chi connectivity index (χ3n) is 2.78. The Labute approximate surface area is 117 Å². The molecule has 1 aromatic heterocycles. The van der Waals surface area contributed by atoms with E-state index in [4.69, 9.17) is 4.74 Å². The largest absolute Gasteiger partial charge is 0.465 e. The lowest BCUT2D eigenvalue weighted by Gasteiger charge is -2.25. The highest BCUT2D eigenvalue weighted by molar-refractivity contribution is 5.95. The summed E-state index contributed by atoms with van der Waals surface area (Å²) in [5, 5.41) is 0. The van der Waals surface area contributed by atoms with Crippen molar-refractivity contribution in [1.82, 2.24) is 9.88 Å². The second-order valence-electron chi connectivity index (χ2n) is 4.73. The summed E-state index contributed by atoms with van der Waals surface area (Å²) < 4.78 is 4.84. The molecule has 0 atom stereocenters. The first kappa shape index (κ1) is 15.9. The predicted molar refractivity (Wildman–Crippen MR) is 74.6 cm³/mol. The Morgan fingerprint density at radius 2 is 2.05 bits per heavy atom. The monoisotopic (exact) mass is 280 g/mol. The van der Waals surface area contributed by atoms with Crippen molar-refractivity contribution in [3.63, 3.8) is 0 Å². The molecule has 0 aromatic carbocycles. The van der Waals surface area contributed by atoms with Crippen LogP contribution < -0.4 is 5.43 Å². The maximum absolute atomic E-state index is 12.4. The van der Waals surface area contributed by atoms with Crippen molar-refractivity contribution < 1.29 is 14.3 Å². The minimum absolute atomic E-state index is 0.0219. The molecule has 1 heterocycles. The fourth-order valence-corrected chi connectivity index (χ4v) is 1.73. The zero-order valence-corrected chi connectivity index (χ0v) is 12.2. The number of esters is 1. The quantitative estimate of drug-likeness (QED) is 0.819. The Balaban J connectivity index is 3.00.